The number of hydrogen-bond acceptors (Lipinski definition) is 7. The van der Waals surface area contributed by atoms with Crippen LogP contribution < -0.4 is 10.1 Å². The molecule has 4 aromatic rings. The standard InChI is InChI=1S/C20H26B3N7O2/c1-19(31)4-2-12(3-5-19)27-17-28-15-14(16(29-17)32-20(21,22)23)13(9-25-15)11-8-26-18-24-6-7-30(18)10-11/h6-10,12,31H,2-5,21-23H2,1H3,(H2,25,27,28,29)/t12-,19-. The Kier molecular flexibility index (Phi) is 4.92. The molecule has 0 saturated heterocycles. The van der Waals surface area contributed by atoms with Crippen LogP contribution >= 0.6 is 0 Å². The molecule has 0 aromatic carbocycles. The number of hydrogen-bond donors (Lipinski definition) is 3. The smallest absolute Gasteiger partial charge is 0.233 e. The number of rotatable bonds is 5. The highest BCUT2D eigenvalue weighted by molar-refractivity contribution is 6.58. The van der Waals surface area contributed by atoms with Crippen LogP contribution in [0.5, 0.6) is 5.88 Å². The van der Waals surface area contributed by atoms with Crippen molar-refractivity contribution >= 4 is 46.3 Å². The normalized spacial score (nSPS) is 21.8. The average molecular weight is 429 g/mol. The van der Waals surface area contributed by atoms with Crippen LogP contribution in [-0.2, 0) is 0 Å². The van der Waals surface area contributed by atoms with Gasteiger partial charge in [-0.1, -0.05) is 0 Å². The molecule has 0 bridgehead atoms. The number of nitrogens with one attached hydrogen (secondary N) is 2. The van der Waals surface area contributed by atoms with Gasteiger partial charge < -0.3 is 20.1 Å². The van der Waals surface area contributed by atoms with Crippen molar-refractivity contribution in [1.82, 2.24) is 29.3 Å². The van der Waals surface area contributed by atoms with Crippen molar-refractivity contribution in [2.75, 3.05) is 5.32 Å². The highest BCUT2D eigenvalue weighted by Gasteiger charge is 2.29. The highest BCUT2D eigenvalue weighted by atomic mass is 16.5. The molecule has 0 radical (unpaired) electrons. The zero-order valence-corrected chi connectivity index (χ0v) is 18.9. The summed E-state index contributed by atoms with van der Waals surface area (Å²) in [5, 5.41) is 14.1. The van der Waals surface area contributed by atoms with E-state index < -0.39 is 10.9 Å². The third-order valence-electron chi connectivity index (χ3n) is 5.85. The highest BCUT2D eigenvalue weighted by Crippen LogP contribution is 2.36. The van der Waals surface area contributed by atoms with Crippen LogP contribution in [0.4, 0.5) is 5.95 Å². The molecule has 1 aliphatic carbocycles. The first-order valence-corrected chi connectivity index (χ1v) is 11.0. The molecule has 1 fully saturated rings. The Labute approximate surface area is 188 Å². The number of nitrogens with zero attached hydrogens (tertiary/aromatic N) is 5. The molecular formula is C20H26B3N7O2. The minimum atomic E-state index is -0.581. The Morgan fingerprint density at radius 3 is 2.78 bits per heavy atom. The number of imidazole rings is 1. The number of ether oxygens (including phenoxy) is 1. The summed E-state index contributed by atoms with van der Waals surface area (Å²) in [6, 6.07) is 0.220. The predicted octanol–water partition coefficient (Wildman–Crippen LogP) is -0.338. The van der Waals surface area contributed by atoms with E-state index in [1.54, 1.807) is 12.4 Å². The molecule has 0 amide bonds. The first-order valence-electron chi connectivity index (χ1n) is 11.0. The lowest BCUT2D eigenvalue weighted by Crippen LogP contribution is -2.38. The van der Waals surface area contributed by atoms with Gasteiger partial charge in [0.05, 0.1) is 11.0 Å². The van der Waals surface area contributed by atoms with Gasteiger partial charge in [-0.25, -0.2) is 9.97 Å². The summed E-state index contributed by atoms with van der Waals surface area (Å²) in [6.07, 6.45) is 12.5. The third kappa shape index (κ3) is 4.19. The Hall–Kier alpha value is -3.01. The van der Waals surface area contributed by atoms with Crippen molar-refractivity contribution in [1.29, 1.82) is 0 Å². The van der Waals surface area contributed by atoms with Gasteiger partial charge >= 0.3 is 0 Å². The summed E-state index contributed by atoms with van der Waals surface area (Å²) < 4.78 is 8.16. The van der Waals surface area contributed by atoms with E-state index in [0.29, 0.717) is 23.3 Å². The van der Waals surface area contributed by atoms with E-state index >= 15 is 0 Å². The predicted molar refractivity (Wildman–Crippen MR) is 131 cm³/mol. The maximum atomic E-state index is 10.2. The Balaban J connectivity index is 1.54. The molecule has 5 rings (SSSR count). The van der Waals surface area contributed by atoms with Gasteiger partial charge in [-0.3, -0.25) is 4.40 Å². The van der Waals surface area contributed by atoms with E-state index in [-0.39, 0.29) is 6.04 Å². The maximum Gasteiger partial charge on any atom is 0.233 e. The molecule has 3 N–H and O–H groups in total. The number of H-pyrrole nitrogens is 1. The fourth-order valence-corrected chi connectivity index (χ4v) is 4.18. The van der Waals surface area contributed by atoms with E-state index in [0.717, 1.165) is 42.2 Å². The molecule has 162 valence electrons. The fourth-order valence-electron chi connectivity index (χ4n) is 4.18. The molecule has 12 heteroatoms. The van der Waals surface area contributed by atoms with E-state index in [4.69, 9.17) is 14.7 Å². The zero-order valence-electron chi connectivity index (χ0n) is 18.9. The molecular weight excluding hydrogens is 403 g/mol. The van der Waals surface area contributed by atoms with Gasteiger partial charge in [0.1, 0.15) is 29.2 Å². The first kappa shape index (κ1) is 20.9. The van der Waals surface area contributed by atoms with Gasteiger partial charge in [0.2, 0.25) is 17.6 Å². The van der Waals surface area contributed by atoms with Crippen LogP contribution in [0.1, 0.15) is 32.6 Å². The number of aromatic amines is 1. The molecule has 32 heavy (non-hydrogen) atoms. The van der Waals surface area contributed by atoms with Crippen molar-refractivity contribution in [3.63, 3.8) is 0 Å². The van der Waals surface area contributed by atoms with Crippen LogP contribution in [0.3, 0.4) is 0 Å². The third-order valence-corrected chi connectivity index (χ3v) is 5.85. The number of anilines is 1. The molecule has 1 saturated carbocycles. The summed E-state index contributed by atoms with van der Waals surface area (Å²) in [7, 11) is 6.01. The molecule has 4 aromatic heterocycles. The van der Waals surface area contributed by atoms with Gasteiger partial charge in [-0.15, -0.1) is 0 Å². The van der Waals surface area contributed by atoms with Gasteiger partial charge in [0, 0.05) is 53.5 Å². The van der Waals surface area contributed by atoms with E-state index in [1.807, 2.05) is 53.5 Å². The lowest BCUT2D eigenvalue weighted by molar-refractivity contribution is 0.0195. The largest absolute Gasteiger partial charge is 0.498 e. The minimum Gasteiger partial charge on any atom is -0.498 e. The first-order chi connectivity index (χ1) is 15.2. The van der Waals surface area contributed by atoms with Crippen molar-refractivity contribution < 1.29 is 9.84 Å². The summed E-state index contributed by atoms with van der Waals surface area (Å²) in [5.74, 6) is 1.70. The molecule has 0 atom stereocenters. The summed E-state index contributed by atoms with van der Waals surface area (Å²) in [5.41, 5.74) is 1.95. The molecule has 0 spiro atoms. The fraction of sp³-hybridized carbons (Fsp3) is 0.400. The average Bonchev–Trinajstić information content (AvgIpc) is 3.34. The van der Waals surface area contributed by atoms with E-state index in [1.165, 1.54) is 0 Å². The second-order valence-corrected chi connectivity index (χ2v) is 9.89. The summed E-state index contributed by atoms with van der Waals surface area (Å²) in [6.45, 7) is 1.90. The number of aliphatic hydroxyl groups is 1. The zero-order chi connectivity index (χ0) is 22.5. The van der Waals surface area contributed by atoms with Gasteiger partial charge in [0.15, 0.2) is 0 Å². The summed E-state index contributed by atoms with van der Waals surface area (Å²) in [4.78, 5) is 21.4. The molecule has 1 aliphatic rings. The second-order valence-electron chi connectivity index (χ2n) is 9.89. The number of aromatic nitrogens is 6. The van der Waals surface area contributed by atoms with Gasteiger partial charge in [-0.2, -0.15) is 9.97 Å². The Morgan fingerprint density at radius 2 is 2.03 bits per heavy atom. The topological polar surface area (TPSA) is 113 Å². The van der Waals surface area contributed by atoms with Crippen LogP contribution in [0.25, 0.3) is 27.9 Å². The molecule has 9 nitrogen and oxygen atoms in total. The van der Waals surface area contributed by atoms with Crippen LogP contribution in [-0.4, -0.2) is 74.9 Å². The monoisotopic (exact) mass is 429 g/mol. The molecule has 0 unspecified atom stereocenters. The molecule has 0 aliphatic heterocycles. The second kappa shape index (κ2) is 7.55. The van der Waals surface area contributed by atoms with Crippen molar-refractivity contribution in [2.24, 2.45) is 0 Å². The van der Waals surface area contributed by atoms with E-state index in [9.17, 15) is 5.11 Å². The minimum absolute atomic E-state index is 0.220. The SMILES string of the molecule is BC(B)(B)Oc1nc(N[C@H]2CC[C@](C)(O)CC2)nc2[nH]cc(-c3cnc4nccn4c3)c12. The van der Waals surface area contributed by atoms with Crippen LogP contribution in [0.15, 0.2) is 31.0 Å². The maximum absolute atomic E-state index is 10.2. The van der Waals surface area contributed by atoms with Crippen molar-refractivity contribution in [3.8, 4) is 17.0 Å². The quantitative estimate of drug-likeness (QED) is 0.373. The van der Waals surface area contributed by atoms with Crippen LogP contribution in [0, 0.1) is 0 Å². The number of fused-ring (bicyclic) bond motifs is 2. The lowest BCUT2D eigenvalue weighted by atomic mass is 9.52. The van der Waals surface area contributed by atoms with Crippen molar-refractivity contribution in [2.45, 2.75) is 49.5 Å². The molecule has 4 heterocycles. The van der Waals surface area contributed by atoms with Crippen molar-refractivity contribution in [3.05, 3.63) is 31.0 Å². The van der Waals surface area contributed by atoms with Gasteiger partial charge in [-0.05, 0) is 32.6 Å². The van der Waals surface area contributed by atoms with Gasteiger partial charge in [0.25, 0.3) is 0 Å². The Morgan fingerprint density at radius 1 is 1.25 bits per heavy atom. The summed E-state index contributed by atoms with van der Waals surface area (Å²) >= 11 is 0. The lowest BCUT2D eigenvalue weighted by Gasteiger charge is -2.33. The van der Waals surface area contributed by atoms with E-state index in [2.05, 4.69) is 20.3 Å². The van der Waals surface area contributed by atoms with Crippen LogP contribution in [0.2, 0.25) is 0 Å². The Bertz CT molecular complexity index is 1270.